The molecule has 0 saturated heterocycles. The molecule has 1 amide bonds. The lowest BCUT2D eigenvalue weighted by molar-refractivity contribution is -0.139. The molecule has 0 spiro atoms. The van der Waals surface area contributed by atoms with Gasteiger partial charge < -0.3 is 15.2 Å². The predicted octanol–water partition coefficient (Wildman–Crippen LogP) is 2.56. The van der Waals surface area contributed by atoms with Gasteiger partial charge in [-0.1, -0.05) is 18.2 Å². The van der Waals surface area contributed by atoms with Gasteiger partial charge in [0.25, 0.3) is 5.91 Å². The Kier molecular flexibility index (Phi) is 5.47. The number of carbonyl (C=O) groups is 2. The summed E-state index contributed by atoms with van der Waals surface area (Å²) in [4.78, 5) is 27.7. The van der Waals surface area contributed by atoms with Crippen LogP contribution in [0.3, 0.4) is 0 Å². The first-order chi connectivity index (χ1) is 11.4. The molecule has 1 atom stereocenters. The van der Waals surface area contributed by atoms with Crippen molar-refractivity contribution in [3.8, 4) is 5.88 Å². The number of benzene rings is 1. The van der Waals surface area contributed by atoms with Crippen molar-refractivity contribution in [3.05, 3.63) is 59.5 Å². The van der Waals surface area contributed by atoms with E-state index in [1.165, 1.54) is 36.5 Å². The third-order valence-corrected chi connectivity index (χ3v) is 3.09. The number of halogens is 1. The summed E-state index contributed by atoms with van der Waals surface area (Å²) in [6, 6.07) is 6.71. The lowest BCUT2D eigenvalue weighted by Gasteiger charge is -2.16. The van der Waals surface area contributed by atoms with E-state index in [9.17, 15) is 19.1 Å². The first-order valence-electron chi connectivity index (χ1n) is 7.29. The molecule has 126 valence electrons. The Morgan fingerprint density at radius 2 is 1.96 bits per heavy atom. The minimum Gasteiger partial charge on any atom is -0.479 e. The van der Waals surface area contributed by atoms with Crippen LogP contribution in [-0.2, 0) is 4.79 Å². The van der Waals surface area contributed by atoms with Crippen molar-refractivity contribution in [1.82, 2.24) is 10.3 Å². The molecule has 7 heteroatoms. The molecular weight excluding hydrogens is 315 g/mol. The minimum absolute atomic E-state index is 0.119. The SMILES string of the molecule is CC(C)Oc1cc(C(=O)NC(C(=O)O)c2ccccc2F)ccn1. The zero-order valence-electron chi connectivity index (χ0n) is 13.2. The Hall–Kier alpha value is -2.96. The fourth-order valence-corrected chi connectivity index (χ4v) is 2.05. The molecule has 1 heterocycles. The lowest BCUT2D eigenvalue weighted by atomic mass is 10.1. The third-order valence-electron chi connectivity index (χ3n) is 3.09. The molecule has 1 aromatic carbocycles. The van der Waals surface area contributed by atoms with Gasteiger partial charge in [0, 0.05) is 23.4 Å². The largest absolute Gasteiger partial charge is 0.479 e. The molecule has 6 nitrogen and oxygen atoms in total. The minimum atomic E-state index is -1.50. The summed E-state index contributed by atoms with van der Waals surface area (Å²) in [6.45, 7) is 3.63. The Balaban J connectivity index is 2.23. The van der Waals surface area contributed by atoms with E-state index >= 15 is 0 Å². The maximum Gasteiger partial charge on any atom is 0.331 e. The van der Waals surface area contributed by atoms with Crippen molar-refractivity contribution in [2.45, 2.75) is 26.0 Å². The number of hydrogen-bond acceptors (Lipinski definition) is 4. The normalized spacial score (nSPS) is 11.8. The molecule has 0 aliphatic heterocycles. The van der Waals surface area contributed by atoms with Crippen molar-refractivity contribution in [1.29, 1.82) is 0 Å². The number of rotatable bonds is 6. The Morgan fingerprint density at radius 1 is 1.25 bits per heavy atom. The topological polar surface area (TPSA) is 88.5 Å². The molecule has 0 aliphatic rings. The summed E-state index contributed by atoms with van der Waals surface area (Å²) in [5.41, 5.74) is 0.0503. The fraction of sp³-hybridized carbons (Fsp3) is 0.235. The van der Waals surface area contributed by atoms with E-state index < -0.39 is 23.7 Å². The summed E-state index contributed by atoms with van der Waals surface area (Å²) in [5.74, 6) is -2.48. The number of pyridine rings is 1. The summed E-state index contributed by atoms with van der Waals surface area (Å²) < 4.78 is 19.2. The Bertz CT molecular complexity index is 749. The van der Waals surface area contributed by atoms with Crippen LogP contribution < -0.4 is 10.1 Å². The second-order valence-corrected chi connectivity index (χ2v) is 5.32. The highest BCUT2D eigenvalue weighted by atomic mass is 19.1. The van der Waals surface area contributed by atoms with Crippen LogP contribution in [0.1, 0.15) is 35.8 Å². The Morgan fingerprint density at radius 3 is 2.58 bits per heavy atom. The van der Waals surface area contributed by atoms with Gasteiger partial charge in [-0.3, -0.25) is 4.79 Å². The zero-order valence-corrected chi connectivity index (χ0v) is 13.2. The highest BCUT2D eigenvalue weighted by Crippen LogP contribution is 2.18. The lowest BCUT2D eigenvalue weighted by Crippen LogP contribution is -2.34. The highest BCUT2D eigenvalue weighted by Gasteiger charge is 2.25. The molecule has 0 saturated carbocycles. The highest BCUT2D eigenvalue weighted by molar-refractivity contribution is 5.97. The maximum absolute atomic E-state index is 13.8. The monoisotopic (exact) mass is 332 g/mol. The predicted molar refractivity (Wildman–Crippen MR) is 84.2 cm³/mol. The van der Waals surface area contributed by atoms with Crippen LogP contribution in [0.2, 0.25) is 0 Å². The Labute approximate surface area is 138 Å². The van der Waals surface area contributed by atoms with E-state index in [1.807, 2.05) is 13.8 Å². The van der Waals surface area contributed by atoms with Crippen molar-refractivity contribution >= 4 is 11.9 Å². The molecule has 1 unspecified atom stereocenters. The number of amides is 1. The number of carboxylic acid groups (broad SMARTS) is 1. The van der Waals surface area contributed by atoms with Crippen LogP contribution in [0.4, 0.5) is 4.39 Å². The fourth-order valence-electron chi connectivity index (χ4n) is 2.05. The summed E-state index contributed by atoms with van der Waals surface area (Å²) in [7, 11) is 0. The number of ether oxygens (including phenoxy) is 1. The van der Waals surface area contributed by atoms with Gasteiger partial charge in [-0.2, -0.15) is 0 Å². The number of carbonyl (C=O) groups excluding carboxylic acids is 1. The van der Waals surface area contributed by atoms with Gasteiger partial charge in [-0.15, -0.1) is 0 Å². The summed E-state index contributed by atoms with van der Waals surface area (Å²) in [5, 5.41) is 11.6. The molecule has 2 rings (SSSR count). The summed E-state index contributed by atoms with van der Waals surface area (Å²) >= 11 is 0. The van der Waals surface area contributed by atoms with E-state index in [0.29, 0.717) is 0 Å². The van der Waals surface area contributed by atoms with Crippen molar-refractivity contribution in [2.75, 3.05) is 0 Å². The third kappa shape index (κ3) is 4.28. The zero-order chi connectivity index (χ0) is 17.7. The van der Waals surface area contributed by atoms with Crippen LogP contribution in [0, 0.1) is 5.82 Å². The van der Waals surface area contributed by atoms with E-state index in [1.54, 1.807) is 0 Å². The molecule has 0 bridgehead atoms. The molecule has 2 aromatic rings. The van der Waals surface area contributed by atoms with Gasteiger partial charge in [0.15, 0.2) is 6.04 Å². The maximum atomic E-state index is 13.8. The van der Waals surface area contributed by atoms with Gasteiger partial charge >= 0.3 is 5.97 Å². The first-order valence-corrected chi connectivity index (χ1v) is 7.29. The van der Waals surface area contributed by atoms with Gasteiger partial charge in [-0.25, -0.2) is 14.2 Å². The molecule has 2 N–H and O–H groups in total. The average molecular weight is 332 g/mol. The summed E-state index contributed by atoms with van der Waals surface area (Å²) in [6.07, 6.45) is 1.26. The van der Waals surface area contributed by atoms with Crippen LogP contribution in [-0.4, -0.2) is 28.1 Å². The number of carboxylic acids is 1. The molecule has 24 heavy (non-hydrogen) atoms. The second-order valence-electron chi connectivity index (χ2n) is 5.32. The van der Waals surface area contributed by atoms with Crippen molar-refractivity contribution in [2.24, 2.45) is 0 Å². The average Bonchev–Trinajstić information content (AvgIpc) is 2.52. The molecule has 1 aromatic heterocycles. The van der Waals surface area contributed by atoms with Crippen LogP contribution in [0.25, 0.3) is 0 Å². The van der Waals surface area contributed by atoms with E-state index in [-0.39, 0.29) is 23.1 Å². The van der Waals surface area contributed by atoms with E-state index in [2.05, 4.69) is 10.3 Å². The number of nitrogens with one attached hydrogen (secondary N) is 1. The number of hydrogen-bond donors (Lipinski definition) is 2. The van der Waals surface area contributed by atoms with Gasteiger partial charge in [0.1, 0.15) is 5.82 Å². The number of nitrogens with zero attached hydrogens (tertiary/aromatic N) is 1. The van der Waals surface area contributed by atoms with Crippen molar-refractivity contribution < 1.29 is 23.8 Å². The molecule has 0 fully saturated rings. The van der Waals surface area contributed by atoms with Crippen molar-refractivity contribution in [3.63, 3.8) is 0 Å². The number of aliphatic carboxylic acids is 1. The van der Waals surface area contributed by atoms with Gasteiger partial charge in [0.05, 0.1) is 6.10 Å². The number of aromatic nitrogens is 1. The van der Waals surface area contributed by atoms with Crippen LogP contribution in [0.5, 0.6) is 5.88 Å². The van der Waals surface area contributed by atoms with Crippen LogP contribution in [0.15, 0.2) is 42.6 Å². The molecular formula is C17H17FN2O4. The van der Waals surface area contributed by atoms with Gasteiger partial charge in [0.2, 0.25) is 5.88 Å². The first kappa shape index (κ1) is 17.4. The van der Waals surface area contributed by atoms with Crippen LogP contribution >= 0.6 is 0 Å². The quantitative estimate of drug-likeness (QED) is 0.849. The van der Waals surface area contributed by atoms with E-state index in [0.717, 1.165) is 6.07 Å². The smallest absolute Gasteiger partial charge is 0.331 e. The molecule has 0 radical (unpaired) electrons. The second kappa shape index (κ2) is 7.54. The standard InChI is InChI=1S/C17H17FN2O4/c1-10(2)24-14-9-11(7-8-19-14)16(21)20-15(17(22)23)12-5-3-4-6-13(12)18/h3-10,15H,1-2H3,(H,20,21)(H,22,23). The molecule has 0 aliphatic carbocycles. The van der Waals surface area contributed by atoms with E-state index in [4.69, 9.17) is 4.74 Å². The van der Waals surface area contributed by atoms with Gasteiger partial charge in [-0.05, 0) is 26.0 Å².